The van der Waals surface area contributed by atoms with Crippen molar-refractivity contribution in [3.05, 3.63) is 12.2 Å². The van der Waals surface area contributed by atoms with Crippen LogP contribution in [0.2, 0.25) is 0 Å². The van der Waals surface area contributed by atoms with Crippen molar-refractivity contribution in [3.8, 4) is 0 Å². The maximum atomic E-state index is 14.1. The maximum absolute atomic E-state index is 14.1. The third-order valence-corrected chi connectivity index (χ3v) is 9.57. The SMILES string of the molecule is C=C1C(=O)[C@]23[C@@H](OC)C[C@@H]4[C@@]5(C)CCC[C@@]4(COC5)[C@@H]2[C@@H](OC(C)=O)C[C@@H]1[C@H]3OC(C)=O. The molecule has 0 aromatic rings. The largest absolute Gasteiger partial charge is 0.462 e. The van der Waals surface area contributed by atoms with Crippen molar-refractivity contribution >= 4 is 17.7 Å². The molecular formula is C25H34O7. The minimum absolute atomic E-state index is 0.0257. The highest BCUT2D eigenvalue weighted by Crippen LogP contribution is 2.73. The molecule has 5 rings (SSSR count). The van der Waals surface area contributed by atoms with Crippen molar-refractivity contribution in [2.24, 2.45) is 34.0 Å². The van der Waals surface area contributed by atoms with E-state index in [1.807, 2.05) is 0 Å². The van der Waals surface area contributed by atoms with Crippen molar-refractivity contribution < 1.29 is 33.3 Å². The quantitative estimate of drug-likeness (QED) is 0.487. The first-order chi connectivity index (χ1) is 15.1. The van der Waals surface area contributed by atoms with Crippen molar-refractivity contribution in [2.75, 3.05) is 20.3 Å². The zero-order valence-electron chi connectivity index (χ0n) is 19.5. The Labute approximate surface area is 189 Å². The number of carbonyl (C=O) groups excluding carboxylic acids is 3. The van der Waals surface area contributed by atoms with Crippen LogP contribution in [-0.4, -0.2) is 56.4 Å². The molecule has 0 N–H and O–H groups in total. The fourth-order valence-corrected chi connectivity index (χ4v) is 8.80. The van der Waals surface area contributed by atoms with Crippen LogP contribution in [0.4, 0.5) is 0 Å². The second kappa shape index (κ2) is 7.13. The predicted molar refractivity (Wildman–Crippen MR) is 113 cm³/mol. The molecule has 0 aromatic carbocycles. The van der Waals surface area contributed by atoms with Gasteiger partial charge in [0.1, 0.15) is 17.6 Å². The third-order valence-electron chi connectivity index (χ3n) is 9.57. The number of ether oxygens (including phenoxy) is 4. The fraction of sp³-hybridized carbons (Fsp3) is 0.800. The molecule has 32 heavy (non-hydrogen) atoms. The van der Waals surface area contributed by atoms with Gasteiger partial charge in [0.25, 0.3) is 0 Å². The molecule has 1 saturated heterocycles. The molecule has 0 aromatic heterocycles. The number of Topliss-reactive ketones (excluding diaryl/α,β-unsaturated/α-hetero) is 1. The Morgan fingerprint density at radius 3 is 2.47 bits per heavy atom. The molecule has 5 aliphatic rings. The van der Waals surface area contributed by atoms with Gasteiger partial charge < -0.3 is 18.9 Å². The van der Waals surface area contributed by atoms with Gasteiger partial charge in [-0.3, -0.25) is 14.4 Å². The second-order valence-electron chi connectivity index (χ2n) is 11.0. The van der Waals surface area contributed by atoms with E-state index in [0.717, 1.165) is 19.3 Å². The van der Waals surface area contributed by atoms with Crippen LogP contribution in [0.3, 0.4) is 0 Å². The molecule has 7 nitrogen and oxygen atoms in total. The summed E-state index contributed by atoms with van der Waals surface area (Å²) in [6.45, 7) is 10.4. The Hall–Kier alpha value is -1.73. The summed E-state index contributed by atoms with van der Waals surface area (Å²) in [6.07, 6.45) is 2.53. The van der Waals surface area contributed by atoms with Crippen molar-refractivity contribution in [2.45, 2.75) is 71.2 Å². The van der Waals surface area contributed by atoms with Gasteiger partial charge in [-0.15, -0.1) is 0 Å². The van der Waals surface area contributed by atoms with Gasteiger partial charge in [-0.25, -0.2) is 0 Å². The zero-order chi connectivity index (χ0) is 23.1. The lowest BCUT2D eigenvalue weighted by molar-refractivity contribution is -0.299. The lowest BCUT2D eigenvalue weighted by Gasteiger charge is -2.69. The van der Waals surface area contributed by atoms with Crippen LogP contribution in [-0.2, 0) is 33.3 Å². The Balaban J connectivity index is 1.76. The normalized spacial score (nSPS) is 49.1. The fourth-order valence-electron chi connectivity index (χ4n) is 8.80. The van der Waals surface area contributed by atoms with Gasteiger partial charge in [-0.2, -0.15) is 0 Å². The molecule has 4 bridgehead atoms. The molecular weight excluding hydrogens is 412 g/mol. The topological polar surface area (TPSA) is 88.1 Å². The van der Waals surface area contributed by atoms with Crippen molar-refractivity contribution in [1.82, 2.24) is 0 Å². The van der Waals surface area contributed by atoms with Crippen LogP contribution in [0, 0.1) is 34.0 Å². The second-order valence-corrected chi connectivity index (χ2v) is 11.0. The van der Waals surface area contributed by atoms with Gasteiger partial charge in [0.2, 0.25) is 0 Å². The molecule has 9 atom stereocenters. The Morgan fingerprint density at radius 2 is 1.81 bits per heavy atom. The van der Waals surface area contributed by atoms with Gasteiger partial charge in [0, 0.05) is 38.2 Å². The molecule has 4 saturated carbocycles. The van der Waals surface area contributed by atoms with E-state index in [4.69, 9.17) is 18.9 Å². The number of rotatable bonds is 3. The molecule has 1 spiro atoms. The van der Waals surface area contributed by atoms with Gasteiger partial charge in [-0.05, 0) is 42.6 Å². The van der Waals surface area contributed by atoms with Gasteiger partial charge >= 0.3 is 11.9 Å². The van der Waals surface area contributed by atoms with Crippen molar-refractivity contribution in [3.63, 3.8) is 0 Å². The Bertz CT molecular complexity index is 868. The average molecular weight is 447 g/mol. The molecule has 176 valence electrons. The Kier molecular flexibility index (Phi) is 4.92. The van der Waals surface area contributed by atoms with Crippen LogP contribution in [0.1, 0.15) is 52.9 Å². The summed E-state index contributed by atoms with van der Waals surface area (Å²) in [5.41, 5.74) is -1.02. The third kappa shape index (κ3) is 2.58. The number of carbonyl (C=O) groups is 3. The van der Waals surface area contributed by atoms with Gasteiger partial charge in [-0.1, -0.05) is 19.9 Å². The highest BCUT2D eigenvalue weighted by atomic mass is 16.6. The highest BCUT2D eigenvalue weighted by Gasteiger charge is 2.80. The molecule has 4 aliphatic carbocycles. The first-order valence-electron chi connectivity index (χ1n) is 11.8. The number of hydrogen-bond donors (Lipinski definition) is 0. The zero-order valence-corrected chi connectivity index (χ0v) is 19.5. The van der Waals surface area contributed by atoms with E-state index in [0.29, 0.717) is 31.6 Å². The molecule has 7 heteroatoms. The van der Waals surface area contributed by atoms with Gasteiger partial charge in [0.15, 0.2) is 5.78 Å². The lowest BCUT2D eigenvalue weighted by atomic mass is 9.38. The van der Waals surface area contributed by atoms with Crippen molar-refractivity contribution in [1.29, 1.82) is 0 Å². The highest BCUT2D eigenvalue weighted by molar-refractivity contribution is 6.05. The summed E-state index contributed by atoms with van der Waals surface area (Å²) in [6, 6.07) is 0. The van der Waals surface area contributed by atoms with Crippen LogP contribution in [0.25, 0.3) is 0 Å². The number of esters is 2. The number of methoxy groups -OCH3 is 1. The van der Waals surface area contributed by atoms with E-state index in [1.54, 1.807) is 7.11 Å². The smallest absolute Gasteiger partial charge is 0.302 e. The number of hydrogen-bond acceptors (Lipinski definition) is 7. The number of ketones is 1. The van der Waals surface area contributed by atoms with E-state index in [2.05, 4.69) is 13.5 Å². The molecule has 1 heterocycles. The van der Waals surface area contributed by atoms with E-state index in [9.17, 15) is 14.4 Å². The van der Waals surface area contributed by atoms with Crippen LogP contribution in [0.15, 0.2) is 12.2 Å². The first-order valence-corrected chi connectivity index (χ1v) is 11.8. The Morgan fingerprint density at radius 1 is 1.09 bits per heavy atom. The van der Waals surface area contributed by atoms with E-state index >= 15 is 0 Å². The maximum Gasteiger partial charge on any atom is 0.302 e. The molecule has 5 fully saturated rings. The standard InChI is InChI=1S/C25H34O7/c1-13-16-9-17(31-14(2)26)20-24-8-6-7-23(4,11-30-12-24)18(24)10-19(29-5)25(20,21(13)28)22(16)32-15(3)27/h16-20,22H,1,6-12H2,2-5H3/t16-,17-,18+,19-,20-,22+,23-,24-,25-/m0/s1. The summed E-state index contributed by atoms with van der Waals surface area (Å²) in [4.78, 5) is 38.5. The predicted octanol–water partition coefficient (Wildman–Crippen LogP) is 2.85. The van der Waals surface area contributed by atoms with Crippen LogP contribution >= 0.6 is 0 Å². The van der Waals surface area contributed by atoms with E-state index < -0.39 is 29.7 Å². The minimum Gasteiger partial charge on any atom is -0.462 e. The monoisotopic (exact) mass is 446 g/mol. The summed E-state index contributed by atoms with van der Waals surface area (Å²) >= 11 is 0. The van der Waals surface area contributed by atoms with E-state index in [-0.39, 0.29) is 40.3 Å². The summed E-state index contributed by atoms with van der Waals surface area (Å²) in [5.74, 6) is -1.34. The summed E-state index contributed by atoms with van der Waals surface area (Å²) in [5, 5.41) is 0. The molecule has 0 unspecified atom stereocenters. The minimum atomic E-state index is -1.12. The van der Waals surface area contributed by atoms with E-state index in [1.165, 1.54) is 13.8 Å². The summed E-state index contributed by atoms with van der Waals surface area (Å²) < 4.78 is 24.2. The molecule has 1 aliphatic heterocycles. The van der Waals surface area contributed by atoms with Crippen LogP contribution < -0.4 is 0 Å². The van der Waals surface area contributed by atoms with Gasteiger partial charge in [0.05, 0.1) is 19.3 Å². The molecule has 0 amide bonds. The summed E-state index contributed by atoms with van der Waals surface area (Å²) in [7, 11) is 1.63. The molecule has 0 radical (unpaired) electrons. The first kappa shape index (κ1) is 22.1. The van der Waals surface area contributed by atoms with Crippen LogP contribution in [0.5, 0.6) is 0 Å². The average Bonchev–Trinajstić information content (AvgIpc) is 2.83. The number of fused-ring (bicyclic) bond motifs is 1. The lowest BCUT2D eigenvalue weighted by Crippen LogP contribution is -2.74.